The van der Waals surface area contributed by atoms with Crippen LogP contribution in [-0.4, -0.2) is 17.6 Å². The average Bonchev–Trinajstić information content (AvgIpc) is 2.85. The number of unbranched alkanes of at least 4 members (excludes halogenated alkanes) is 2. The minimum Gasteiger partial charge on any atom is -0.508 e. The molecular formula is C32H41NO2. The summed E-state index contributed by atoms with van der Waals surface area (Å²) in [5.74, 6) is 0.901. The SMILES string of the molecule is CC(C)(C)C(CCCCCc1ccccc1)CCCNC(=O)c1ccc(-c2ccc(O)cc2)cc1. The van der Waals surface area contributed by atoms with Gasteiger partial charge < -0.3 is 10.4 Å². The largest absolute Gasteiger partial charge is 0.508 e. The van der Waals surface area contributed by atoms with Crippen molar-refractivity contribution in [2.45, 2.75) is 65.7 Å². The highest BCUT2D eigenvalue weighted by Gasteiger charge is 2.23. The van der Waals surface area contributed by atoms with Gasteiger partial charge in [-0.1, -0.05) is 88.2 Å². The van der Waals surface area contributed by atoms with Crippen LogP contribution in [0, 0.1) is 11.3 Å². The smallest absolute Gasteiger partial charge is 0.251 e. The van der Waals surface area contributed by atoms with Gasteiger partial charge in [0.2, 0.25) is 0 Å². The zero-order chi connectivity index (χ0) is 25.1. The molecule has 1 unspecified atom stereocenters. The predicted molar refractivity (Wildman–Crippen MR) is 147 cm³/mol. The van der Waals surface area contributed by atoms with Crippen LogP contribution < -0.4 is 5.32 Å². The number of carbonyl (C=O) groups is 1. The zero-order valence-electron chi connectivity index (χ0n) is 21.6. The van der Waals surface area contributed by atoms with E-state index in [1.54, 1.807) is 12.1 Å². The maximum Gasteiger partial charge on any atom is 0.251 e. The number of hydrogen-bond acceptors (Lipinski definition) is 2. The van der Waals surface area contributed by atoms with E-state index < -0.39 is 0 Å². The summed E-state index contributed by atoms with van der Waals surface area (Å²) in [6.45, 7) is 7.74. The van der Waals surface area contributed by atoms with Crippen LogP contribution in [0.5, 0.6) is 5.75 Å². The first-order valence-corrected chi connectivity index (χ1v) is 13.0. The number of rotatable bonds is 12. The van der Waals surface area contributed by atoms with Gasteiger partial charge >= 0.3 is 0 Å². The van der Waals surface area contributed by atoms with Gasteiger partial charge in [-0.25, -0.2) is 0 Å². The topological polar surface area (TPSA) is 49.3 Å². The molecule has 0 bridgehead atoms. The molecule has 3 nitrogen and oxygen atoms in total. The van der Waals surface area contributed by atoms with Gasteiger partial charge in [0, 0.05) is 12.1 Å². The molecule has 2 N–H and O–H groups in total. The van der Waals surface area contributed by atoms with Crippen LogP contribution >= 0.6 is 0 Å². The third-order valence-corrected chi connectivity index (χ3v) is 6.95. The second-order valence-corrected chi connectivity index (χ2v) is 10.7. The Balaban J connectivity index is 1.38. The summed E-state index contributed by atoms with van der Waals surface area (Å²) in [6.07, 6.45) is 8.37. The van der Waals surface area contributed by atoms with Crippen LogP contribution in [0.15, 0.2) is 78.9 Å². The zero-order valence-corrected chi connectivity index (χ0v) is 21.6. The van der Waals surface area contributed by atoms with Crippen LogP contribution in [0.2, 0.25) is 0 Å². The van der Waals surface area contributed by atoms with Crippen LogP contribution in [-0.2, 0) is 6.42 Å². The molecule has 0 spiro atoms. The molecule has 0 radical (unpaired) electrons. The van der Waals surface area contributed by atoms with E-state index in [-0.39, 0.29) is 17.1 Å². The van der Waals surface area contributed by atoms with Crippen molar-refractivity contribution in [2.75, 3.05) is 6.54 Å². The van der Waals surface area contributed by atoms with Gasteiger partial charge in [0.15, 0.2) is 0 Å². The molecule has 3 aromatic rings. The molecule has 1 amide bonds. The second-order valence-electron chi connectivity index (χ2n) is 10.7. The van der Waals surface area contributed by atoms with Gasteiger partial charge in [-0.3, -0.25) is 4.79 Å². The van der Waals surface area contributed by atoms with Crippen molar-refractivity contribution in [1.29, 1.82) is 0 Å². The molecule has 0 saturated carbocycles. The normalized spacial score (nSPS) is 12.3. The van der Waals surface area contributed by atoms with Gasteiger partial charge in [0.25, 0.3) is 5.91 Å². The lowest BCUT2D eigenvalue weighted by molar-refractivity contribution is 0.0951. The Hall–Kier alpha value is -3.07. The Morgan fingerprint density at radius 1 is 0.771 bits per heavy atom. The summed E-state index contributed by atoms with van der Waals surface area (Å²) in [5.41, 5.74) is 4.44. The Morgan fingerprint density at radius 3 is 2.00 bits per heavy atom. The summed E-state index contributed by atoms with van der Waals surface area (Å²) >= 11 is 0. The summed E-state index contributed by atoms with van der Waals surface area (Å²) in [7, 11) is 0. The van der Waals surface area contributed by atoms with E-state index >= 15 is 0 Å². The number of benzene rings is 3. The van der Waals surface area contributed by atoms with Gasteiger partial charge in [0.05, 0.1) is 0 Å². The Morgan fingerprint density at radius 2 is 1.37 bits per heavy atom. The Bertz CT molecular complexity index is 1020. The summed E-state index contributed by atoms with van der Waals surface area (Å²) in [5, 5.41) is 12.5. The highest BCUT2D eigenvalue weighted by Crippen LogP contribution is 2.34. The molecule has 186 valence electrons. The molecule has 0 fully saturated rings. The first kappa shape index (κ1) is 26.5. The van der Waals surface area contributed by atoms with Gasteiger partial charge in [-0.05, 0) is 84.4 Å². The fourth-order valence-corrected chi connectivity index (χ4v) is 4.67. The van der Waals surface area contributed by atoms with E-state index in [1.165, 1.54) is 37.7 Å². The average molecular weight is 472 g/mol. The van der Waals surface area contributed by atoms with E-state index in [2.05, 4.69) is 56.4 Å². The van der Waals surface area contributed by atoms with E-state index in [0.717, 1.165) is 24.0 Å². The second kappa shape index (κ2) is 13.1. The van der Waals surface area contributed by atoms with E-state index in [4.69, 9.17) is 0 Å². The van der Waals surface area contributed by atoms with Crippen LogP contribution in [0.25, 0.3) is 11.1 Å². The van der Waals surface area contributed by atoms with Crippen LogP contribution in [0.1, 0.15) is 75.2 Å². The number of phenolic OH excluding ortho intramolecular Hbond substituents is 1. The highest BCUT2D eigenvalue weighted by molar-refractivity contribution is 5.94. The standard InChI is InChI=1S/C32H41NO2/c1-32(2,3)29(14-9-5-8-13-25-11-6-4-7-12-25)15-10-24-33-31(35)28-18-16-26(17-19-28)27-20-22-30(34)23-21-27/h4,6-7,11-12,16-23,29,34H,5,8-10,13-15,24H2,1-3H3,(H,33,35). The van der Waals surface area contributed by atoms with E-state index in [9.17, 15) is 9.90 Å². The summed E-state index contributed by atoms with van der Waals surface area (Å²) in [6, 6.07) is 25.5. The van der Waals surface area contributed by atoms with Crippen molar-refractivity contribution in [1.82, 2.24) is 5.32 Å². The first-order chi connectivity index (χ1) is 16.8. The molecule has 0 aliphatic heterocycles. The lowest BCUT2D eigenvalue weighted by atomic mass is 9.75. The lowest BCUT2D eigenvalue weighted by Gasteiger charge is -2.31. The molecule has 3 aromatic carbocycles. The Labute approximate surface area is 211 Å². The maximum absolute atomic E-state index is 12.6. The van der Waals surface area contributed by atoms with Crippen molar-refractivity contribution >= 4 is 5.91 Å². The monoisotopic (exact) mass is 471 g/mol. The predicted octanol–water partition coefficient (Wildman–Crippen LogP) is 8.03. The molecule has 3 rings (SSSR count). The van der Waals surface area contributed by atoms with E-state index in [1.807, 2.05) is 36.4 Å². The molecule has 0 aliphatic carbocycles. The number of carbonyl (C=O) groups excluding carboxylic acids is 1. The van der Waals surface area contributed by atoms with Gasteiger partial charge in [0.1, 0.15) is 5.75 Å². The van der Waals surface area contributed by atoms with Crippen LogP contribution in [0.3, 0.4) is 0 Å². The fraction of sp³-hybridized carbons (Fsp3) is 0.406. The molecule has 3 heteroatoms. The molecule has 0 aromatic heterocycles. The summed E-state index contributed by atoms with van der Waals surface area (Å²) in [4.78, 5) is 12.6. The van der Waals surface area contributed by atoms with E-state index in [0.29, 0.717) is 18.0 Å². The lowest BCUT2D eigenvalue weighted by Crippen LogP contribution is -2.26. The fourth-order valence-electron chi connectivity index (χ4n) is 4.67. The number of nitrogens with one attached hydrogen (secondary N) is 1. The van der Waals surface area contributed by atoms with Gasteiger partial charge in [-0.2, -0.15) is 0 Å². The number of hydrogen-bond donors (Lipinski definition) is 2. The first-order valence-electron chi connectivity index (χ1n) is 13.0. The molecule has 1 atom stereocenters. The minimum absolute atomic E-state index is 0.0181. The van der Waals surface area contributed by atoms with Crippen molar-refractivity contribution in [3.05, 3.63) is 90.0 Å². The summed E-state index contributed by atoms with van der Waals surface area (Å²) < 4.78 is 0. The minimum atomic E-state index is -0.0181. The highest BCUT2D eigenvalue weighted by atomic mass is 16.3. The van der Waals surface area contributed by atoms with Crippen molar-refractivity contribution < 1.29 is 9.90 Å². The van der Waals surface area contributed by atoms with Crippen molar-refractivity contribution in [2.24, 2.45) is 11.3 Å². The quantitative estimate of drug-likeness (QED) is 0.263. The van der Waals surface area contributed by atoms with Crippen molar-refractivity contribution in [3.63, 3.8) is 0 Å². The third-order valence-electron chi connectivity index (χ3n) is 6.95. The molecular weight excluding hydrogens is 430 g/mol. The molecule has 0 aliphatic rings. The van der Waals surface area contributed by atoms with Gasteiger partial charge in [-0.15, -0.1) is 0 Å². The van der Waals surface area contributed by atoms with Crippen LogP contribution in [0.4, 0.5) is 0 Å². The number of aryl methyl sites for hydroxylation is 1. The number of aromatic hydroxyl groups is 1. The Kier molecular flexibility index (Phi) is 9.96. The third kappa shape index (κ3) is 8.90. The number of amides is 1. The van der Waals surface area contributed by atoms with Crippen molar-refractivity contribution in [3.8, 4) is 16.9 Å². The molecule has 35 heavy (non-hydrogen) atoms. The molecule has 0 heterocycles. The maximum atomic E-state index is 12.6. The number of phenols is 1. The molecule has 0 saturated heterocycles.